The Morgan fingerprint density at radius 2 is 1.85 bits per heavy atom. The van der Waals surface area contributed by atoms with Crippen LogP contribution in [-0.2, 0) is 25.7 Å². The second-order valence-corrected chi connectivity index (χ2v) is 8.70. The van der Waals surface area contributed by atoms with Gasteiger partial charge in [-0.25, -0.2) is 4.79 Å². The summed E-state index contributed by atoms with van der Waals surface area (Å²) in [5, 5.41) is 17.0. The molecule has 2 atom stereocenters. The van der Waals surface area contributed by atoms with E-state index in [2.05, 4.69) is 20.0 Å². The molecule has 1 saturated carbocycles. The first-order chi connectivity index (χ1) is 16.4. The molecule has 10 heteroatoms. The zero-order valence-corrected chi connectivity index (χ0v) is 19.6. The molecule has 1 heterocycles. The van der Waals surface area contributed by atoms with Gasteiger partial charge in [-0.1, -0.05) is 48.7 Å². The summed E-state index contributed by atoms with van der Waals surface area (Å²) in [5.74, 6) is -0.550. The zero-order chi connectivity index (χ0) is 24.5. The van der Waals surface area contributed by atoms with Gasteiger partial charge in [-0.15, -0.1) is 0 Å². The lowest BCUT2D eigenvalue weighted by atomic mass is 9.84. The van der Waals surface area contributed by atoms with Crippen molar-refractivity contribution in [2.24, 2.45) is 16.8 Å². The number of aliphatic hydroxyl groups excluding tert-OH is 1. The summed E-state index contributed by atoms with van der Waals surface area (Å²) in [4.78, 5) is 43.0. The lowest BCUT2D eigenvalue weighted by Gasteiger charge is -2.31. The summed E-state index contributed by atoms with van der Waals surface area (Å²) in [7, 11) is 0. The molecule has 0 bridgehead atoms. The van der Waals surface area contributed by atoms with Crippen LogP contribution < -0.4 is 11.1 Å². The maximum absolute atomic E-state index is 12.9. The predicted octanol–water partition coefficient (Wildman–Crippen LogP) is 2.03. The van der Waals surface area contributed by atoms with E-state index in [0.29, 0.717) is 18.5 Å². The lowest BCUT2D eigenvalue weighted by Crippen LogP contribution is -2.50. The van der Waals surface area contributed by atoms with Crippen molar-refractivity contribution >= 4 is 23.8 Å². The van der Waals surface area contributed by atoms with Gasteiger partial charge in [0.1, 0.15) is 12.1 Å². The van der Waals surface area contributed by atoms with Gasteiger partial charge in [0.25, 0.3) is 5.91 Å². The molecule has 2 fully saturated rings. The lowest BCUT2D eigenvalue weighted by molar-refractivity contribution is -0.148. The van der Waals surface area contributed by atoms with Crippen molar-refractivity contribution < 1.29 is 29.1 Å². The number of nitrogens with two attached hydrogens (primary N) is 1. The van der Waals surface area contributed by atoms with Crippen LogP contribution in [0.2, 0.25) is 0 Å². The zero-order valence-electron chi connectivity index (χ0n) is 19.6. The Morgan fingerprint density at radius 1 is 1.15 bits per heavy atom. The fourth-order valence-corrected chi connectivity index (χ4v) is 4.51. The van der Waals surface area contributed by atoms with Crippen LogP contribution in [0, 0.1) is 5.92 Å². The number of benzene rings is 1. The average Bonchev–Trinajstić information content (AvgIpc) is 3.36. The molecule has 1 saturated heterocycles. The Balaban J connectivity index is 1.51. The monoisotopic (exact) mass is 474 g/mol. The molecule has 2 aliphatic rings. The van der Waals surface area contributed by atoms with Gasteiger partial charge in [0, 0.05) is 18.7 Å². The molecule has 1 aromatic rings. The summed E-state index contributed by atoms with van der Waals surface area (Å²) in [6.45, 7) is 2.58. The molecule has 0 spiro atoms. The second kappa shape index (κ2) is 12.4. The fourth-order valence-electron chi connectivity index (χ4n) is 4.51. The van der Waals surface area contributed by atoms with E-state index in [4.69, 9.17) is 5.73 Å². The first kappa shape index (κ1) is 25.5. The minimum Gasteiger partial charge on any atom is -0.433 e. The van der Waals surface area contributed by atoms with Gasteiger partial charge in [-0.05, 0) is 44.1 Å². The van der Waals surface area contributed by atoms with Crippen LogP contribution in [0.25, 0.3) is 0 Å². The Bertz CT molecular complexity index is 882. The van der Waals surface area contributed by atoms with Gasteiger partial charge in [-0.2, -0.15) is 0 Å². The number of hydrogen-bond acceptors (Lipinski definition) is 7. The van der Waals surface area contributed by atoms with Gasteiger partial charge >= 0.3 is 6.16 Å². The van der Waals surface area contributed by atoms with Crippen molar-refractivity contribution in [1.29, 1.82) is 0 Å². The SMILES string of the molecule is CCOC(=O)ON=C(N)c1ccc(CNC(=O)[C@@H]2CCCN2C(=O)[C@H](O)C2CCCCC2)cc1. The minimum absolute atomic E-state index is 0.0113. The number of rotatable bonds is 8. The number of amidine groups is 1. The number of ether oxygens (including phenoxy) is 1. The number of amides is 2. The molecule has 2 amide bonds. The molecule has 34 heavy (non-hydrogen) atoms. The molecule has 3 rings (SSSR count). The third-order valence-electron chi connectivity index (χ3n) is 6.39. The van der Waals surface area contributed by atoms with Gasteiger partial charge in [0.05, 0.1) is 6.61 Å². The van der Waals surface area contributed by atoms with Crippen molar-refractivity contribution in [3.05, 3.63) is 35.4 Å². The number of hydrogen-bond donors (Lipinski definition) is 3. The minimum atomic E-state index is -1.03. The Morgan fingerprint density at radius 3 is 2.53 bits per heavy atom. The summed E-state index contributed by atoms with van der Waals surface area (Å²) >= 11 is 0. The van der Waals surface area contributed by atoms with Crippen LogP contribution in [0.1, 0.15) is 63.0 Å². The highest BCUT2D eigenvalue weighted by Crippen LogP contribution is 2.29. The van der Waals surface area contributed by atoms with Gasteiger partial charge < -0.3 is 25.8 Å². The maximum atomic E-state index is 12.9. The Kier molecular flexibility index (Phi) is 9.26. The number of oxime groups is 1. The number of likely N-dealkylation sites (tertiary alicyclic amines) is 1. The molecule has 0 radical (unpaired) electrons. The molecule has 1 aromatic carbocycles. The Labute approximate surface area is 199 Å². The standard InChI is InChI=1S/C24H34N4O6/c1-2-33-24(32)34-27-21(25)18-12-10-16(11-13-18)15-26-22(30)19-9-6-14-28(19)23(31)20(29)17-7-4-3-5-8-17/h10-13,17,19-20,29H,2-9,14-15H2,1H3,(H2,25,27)(H,26,30)/t19-,20+/m0/s1. The van der Waals surface area contributed by atoms with E-state index in [-0.39, 0.29) is 36.7 Å². The Hall–Kier alpha value is -3.14. The highest BCUT2D eigenvalue weighted by molar-refractivity contribution is 5.97. The van der Waals surface area contributed by atoms with Crippen molar-refractivity contribution in [3.63, 3.8) is 0 Å². The highest BCUT2D eigenvalue weighted by atomic mass is 16.8. The van der Waals surface area contributed by atoms with E-state index in [1.165, 1.54) is 0 Å². The number of carbonyl (C=O) groups excluding carboxylic acids is 3. The normalized spacial score (nSPS) is 20.0. The van der Waals surface area contributed by atoms with E-state index >= 15 is 0 Å². The molecule has 1 aliphatic carbocycles. The quantitative estimate of drug-likeness (QED) is 0.172. The third kappa shape index (κ3) is 6.69. The molecular weight excluding hydrogens is 440 g/mol. The smallest absolute Gasteiger partial charge is 0.433 e. The second-order valence-electron chi connectivity index (χ2n) is 8.70. The van der Waals surface area contributed by atoms with Crippen molar-refractivity contribution in [2.45, 2.75) is 70.6 Å². The summed E-state index contributed by atoms with van der Waals surface area (Å²) in [6.07, 6.45) is 4.30. The van der Waals surface area contributed by atoms with Crippen LogP contribution in [0.15, 0.2) is 29.4 Å². The number of carbonyl (C=O) groups is 3. The summed E-state index contributed by atoms with van der Waals surface area (Å²) in [5.41, 5.74) is 7.18. The largest absolute Gasteiger partial charge is 0.535 e. The molecule has 0 aromatic heterocycles. The molecular formula is C24H34N4O6. The third-order valence-corrected chi connectivity index (χ3v) is 6.39. The van der Waals surface area contributed by atoms with Crippen LogP contribution in [-0.4, -0.2) is 59.1 Å². The molecule has 186 valence electrons. The van der Waals surface area contributed by atoms with E-state index < -0.39 is 18.3 Å². The van der Waals surface area contributed by atoms with Crippen LogP contribution >= 0.6 is 0 Å². The number of nitrogens with one attached hydrogen (secondary N) is 1. The number of aliphatic hydroxyl groups is 1. The van der Waals surface area contributed by atoms with E-state index in [1.807, 2.05) is 0 Å². The van der Waals surface area contributed by atoms with Crippen molar-refractivity contribution in [3.8, 4) is 0 Å². The molecule has 1 aliphatic heterocycles. The predicted molar refractivity (Wildman–Crippen MR) is 124 cm³/mol. The topological polar surface area (TPSA) is 144 Å². The highest BCUT2D eigenvalue weighted by Gasteiger charge is 2.39. The summed E-state index contributed by atoms with van der Waals surface area (Å²) in [6, 6.07) is 6.37. The van der Waals surface area contributed by atoms with Crippen LogP contribution in [0.5, 0.6) is 0 Å². The van der Waals surface area contributed by atoms with Gasteiger partial charge in [-0.3, -0.25) is 14.4 Å². The van der Waals surface area contributed by atoms with Crippen LogP contribution in [0.3, 0.4) is 0 Å². The van der Waals surface area contributed by atoms with Crippen molar-refractivity contribution in [2.75, 3.05) is 13.2 Å². The van der Waals surface area contributed by atoms with Crippen LogP contribution in [0.4, 0.5) is 4.79 Å². The molecule has 0 unspecified atom stereocenters. The first-order valence-electron chi connectivity index (χ1n) is 11.9. The average molecular weight is 475 g/mol. The van der Waals surface area contributed by atoms with Gasteiger partial charge in [0.2, 0.25) is 5.91 Å². The van der Waals surface area contributed by atoms with E-state index in [1.54, 1.807) is 36.1 Å². The van der Waals surface area contributed by atoms with E-state index in [0.717, 1.165) is 44.1 Å². The van der Waals surface area contributed by atoms with E-state index in [9.17, 15) is 19.5 Å². The maximum Gasteiger partial charge on any atom is 0.535 e. The first-order valence-corrected chi connectivity index (χ1v) is 11.9. The molecule has 4 N–H and O–H groups in total. The summed E-state index contributed by atoms with van der Waals surface area (Å²) < 4.78 is 4.61. The van der Waals surface area contributed by atoms with Gasteiger partial charge in [0.15, 0.2) is 5.84 Å². The van der Waals surface area contributed by atoms with Crippen molar-refractivity contribution in [1.82, 2.24) is 10.2 Å². The number of nitrogens with zero attached hydrogens (tertiary/aromatic N) is 2. The fraction of sp³-hybridized carbons (Fsp3) is 0.583. The molecule has 10 nitrogen and oxygen atoms in total.